The number of fused-ring (bicyclic) bond motifs is 1. The number of hydrogen-bond acceptors (Lipinski definition) is 5. The fourth-order valence-electron chi connectivity index (χ4n) is 4.70. The van der Waals surface area contributed by atoms with Gasteiger partial charge < -0.3 is 15.6 Å². The maximum Gasteiger partial charge on any atom is 0.259 e. The predicted molar refractivity (Wildman–Crippen MR) is 108 cm³/mol. The Morgan fingerprint density at radius 2 is 1.92 bits per heavy atom. The van der Waals surface area contributed by atoms with Crippen molar-refractivity contribution in [3.8, 4) is 0 Å². The van der Waals surface area contributed by atoms with Gasteiger partial charge in [-0.05, 0) is 76.4 Å². The Morgan fingerprint density at radius 3 is 2.65 bits per heavy atom. The van der Waals surface area contributed by atoms with Crippen LogP contribution in [0.2, 0.25) is 0 Å². The van der Waals surface area contributed by atoms with Gasteiger partial charge in [0.1, 0.15) is 10.7 Å². The molecular weight excluding hydrogens is 344 g/mol. The molecule has 5 nitrogen and oxygen atoms in total. The highest BCUT2D eigenvalue weighted by atomic mass is 32.1. The summed E-state index contributed by atoms with van der Waals surface area (Å²) in [6.07, 6.45) is 8.78. The number of nitrogens with zero attached hydrogens (tertiary/aromatic N) is 1. The van der Waals surface area contributed by atoms with Crippen molar-refractivity contribution in [1.29, 1.82) is 0 Å². The zero-order valence-corrected chi connectivity index (χ0v) is 16.7. The van der Waals surface area contributed by atoms with E-state index in [2.05, 4.69) is 27.5 Å². The Balaban J connectivity index is 1.31. The highest BCUT2D eigenvalue weighted by Gasteiger charge is 2.35. The molecule has 0 atom stereocenters. The van der Waals surface area contributed by atoms with Crippen molar-refractivity contribution in [2.24, 2.45) is 5.41 Å². The van der Waals surface area contributed by atoms with Crippen LogP contribution < -0.4 is 16.2 Å². The highest BCUT2D eigenvalue weighted by molar-refractivity contribution is 7.18. The van der Waals surface area contributed by atoms with E-state index in [1.54, 1.807) is 11.3 Å². The Bertz CT molecular complexity index is 824. The van der Waals surface area contributed by atoms with Crippen LogP contribution in [-0.4, -0.2) is 35.6 Å². The molecule has 2 aromatic rings. The van der Waals surface area contributed by atoms with Gasteiger partial charge in [-0.25, -0.2) is 4.98 Å². The van der Waals surface area contributed by atoms with Crippen LogP contribution in [0.15, 0.2) is 4.79 Å². The molecule has 0 aromatic carbocycles. The first-order valence-corrected chi connectivity index (χ1v) is 10.8. The zero-order chi connectivity index (χ0) is 18.1. The second-order valence-electron chi connectivity index (χ2n) is 8.20. The van der Waals surface area contributed by atoms with Crippen LogP contribution in [-0.2, 0) is 6.42 Å². The lowest BCUT2D eigenvalue weighted by Crippen LogP contribution is -2.43. The molecule has 4 rings (SSSR count). The van der Waals surface area contributed by atoms with Crippen LogP contribution in [0, 0.1) is 19.3 Å². The van der Waals surface area contributed by atoms with Crippen LogP contribution in [0.4, 0.5) is 0 Å². The molecule has 1 aliphatic carbocycles. The monoisotopic (exact) mass is 374 g/mol. The summed E-state index contributed by atoms with van der Waals surface area (Å²) in [5.41, 5.74) is 1.70. The van der Waals surface area contributed by atoms with E-state index in [1.165, 1.54) is 56.5 Å². The first kappa shape index (κ1) is 18.1. The molecule has 2 fully saturated rings. The molecule has 26 heavy (non-hydrogen) atoms. The number of hydrogen-bond donors (Lipinski definition) is 3. The number of piperidine rings is 1. The number of aromatic amines is 1. The molecule has 0 bridgehead atoms. The molecule has 3 N–H and O–H groups in total. The second-order valence-corrected chi connectivity index (χ2v) is 9.41. The first-order valence-electron chi connectivity index (χ1n) is 9.99. The molecule has 1 spiro atoms. The van der Waals surface area contributed by atoms with E-state index in [0.29, 0.717) is 11.5 Å². The third-order valence-electron chi connectivity index (χ3n) is 6.59. The summed E-state index contributed by atoms with van der Waals surface area (Å²) >= 11 is 1.62. The Labute approximate surface area is 159 Å². The number of H-pyrrole nitrogens is 1. The van der Waals surface area contributed by atoms with Crippen LogP contribution in [0.25, 0.3) is 10.2 Å². The standard InChI is InChI=1S/C20H30N4OS/c1-13-14(2)26-19-17(13)18(25)23-16(24-19)5-10-22-15-3-6-20(7-4-15)8-11-21-12-9-20/h15,21-22H,3-12H2,1-2H3,(H,23,24,25). The van der Waals surface area contributed by atoms with Gasteiger partial charge in [-0.3, -0.25) is 4.79 Å². The average Bonchev–Trinajstić information content (AvgIpc) is 2.92. The lowest BCUT2D eigenvalue weighted by molar-refractivity contribution is 0.116. The summed E-state index contributed by atoms with van der Waals surface area (Å²) in [6, 6.07) is 0.622. The van der Waals surface area contributed by atoms with E-state index >= 15 is 0 Å². The van der Waals surface area contributed by atoms with Crippen LogP contribution in [0.5, 0.6) is 0 Å². The van der Waals surface area contributed by atoms with E-state index in [1.807, 2.05) is 6.92 Å². The molecule has 1 saturated carbocycles. The minimum atomic E-state index is 0.0115. The average molecular weight is 375 g/mol. The number of rotatable bonds is 4. The molecule has 1 saturated heterocycles. The van der Waals surface area contributed by atoms with Gasteiger partial charge in [0, 0.05) is 23.9 Å². The van der Waals surface area contributed by atoms with E-state index < -0.39 is 0 Å². The predicted octanol–water partition coefficient (Wildman–Crippen LogP) is 3.05. The van der Waals surface area contributed by atoms with Crippen LogP contribution in [0.1, 0.15) is 54.8 Å². The Kier molecular flexibility index (Phi) is 5.17. The van der Waals surface area contributed by atoms with Gasteiger partial charge in [0.25, 0.3) is 5.56 Å². The molecule has 2 aromatic heterocycles. The lowest BCUT2D eigenvalue weighted by Gasteiger charge is -2.43. The van der Waals surface area contributed by atoms with Crippen molar-refractivity contribution in [2.75, 3.05) is 19.6 Å². The van der Waals surface area contributed by atoms with E-state index in [0.717, 1.165) is 34.6 Å². The van der Waals surface area contributed by atoms with Crippen molar-refractivity contribution < 1.29 is 0 Å². The summed E-state index contributed by atoms with van der Waals surface area (Å²) in [7, 11) is 0. The molecule has 142 valence electrons. The SMILES string of the molecule is Cc1sc2nc(CCNC3CCC4(CCNCC4)CC3)[nH]c(=O)c2c1C. The molecular formula is C20H30N4OS. The van der Waals surface area contributed by atoms with Gasteiger partial charge >= 0.3 is 0 Å². The molecule has 2 aliphatic rings. The smallest absolute Gasteiger partial charge is 0.259 e. The molecule has 0 unspecified atom stereocenters. The maximum absolute atomic E-state index is 12.4. The number of aromatic nitrogens is 2. The third-order valence-corrected chi connectivity index (χ3v) is 7.69. The molecule has 1 aliphatic heterocycles. The van der Waals surface area contributed by atoms with E-state index in [-0.39, 0.29) is 5.56 Å². The summed E-state index contributed by atoms with van der Waals surface area (Å²) < 4.78 is 0. The maximum atomic E-state index is 12.4. The topological polar surface area (TPSA) is 69.8 Å². The second kappa shape index (κ2) is 7.41. The van der Waals surface area contributed by atoms with Crippen molar-refractivity contribution in [2.45, 2.75) is 64.8 Å². The van der Waals surface area contributed by atoms with Crippen molar-refractivity contribution in [3.05, 3.63) is 26.6 Å². The molecule has 0 amide bonds. The fourth-order valence-corrected chi connectivity index (χ4v) is 5.75. The number of thiophene rings is 1. The van der Waals surface area contributed by atoms with Gasteiger partial charge in [-0.15, -0.1) is 11.3 Å². The number of nitrogens with one attached hydrogen (secondary N) is 3. The van der Waals surface area contributed by atoms with Crippen LogP contribution >= 0.6 is 11.3 Å². The van der Waals surface area contributed by atoms with Crippen molar-refractivity contribution in [3.63, 3.8) is 0 Å². The largest absolute Gasteiger partial charge is 0.317 e. The van der Waals surface area contributed by atoms with E-state index in [4.69, 9.17) is 0 Å². The Hall–Kier alpha value is -1.24. The van der Waals surface area contributed by atoms with E-state index in [9.17, 15) is 4.79 Å². The van der Waals surface area contributed by atoms with Crippen molar-refractivity contribution in [1.82, 2.24) is 20.6 Å². The van der Waals surface area contributed by atoms with Gasteiger partial charge in [0.05, 0.1) is 5.39 Å². The quantitative estimate of drug-likeness (QED) is 0.769. The van der Waals surface area contributed by atoms with Gasteiger partial charge in [-0.1, -0.05) is 0 Å². The lowest BCUT2D eigenvalue weighted by atomic mass is 9.67. The summed E-state index contributed by atoms with van der Waals surface area (Å²) in [5, 5.41) is 7.96. The fraction of sp³-hybridized carbons (Fsp3) is 0.700. The van der Waals surface area contributed by atoms with Gasteiger partial charge in [0.15, 0.2) is 0 Å². The van der Waals surface area contributed by atoms with Crippen molar-refractivity contribution >= 4 is 21.6 Å². The third kappa shape index (κ3) is 3.59. The zero-order valence-electron chi connectivity index (χ0n) is 15.9. The highest BCUT2D eigenvalue weighted by Crippen LogP contribution is 2.43. The molecule has 6 heteroatoms. The summed E-state index contributed by atoms with van der Waals surface area (Å²) in [5.74, 6) is 0.807. The first-order chi connectivity index (χ1) is 12.6. The van der Waals surface area contributed by atoms with Gasteiger partial charge in [0.2, 0.25) is 0 Å². The minimum Gasteiger partial charge on any atom is -0.317 e. The Morgan fingerprint density at radius 1 is 1.19 bits per heavy atom. The molecule has 3 heterocycles. The van der Waals surface area contributed by atoms with Crippen LogP contribution in [0.3, 0.4) is 0 Å². The van der Waals surface area contributed by atoms with Gasteiger partial charge in [-0.2, -0.15) is 0 Å². The normalized spacial score (nSPS) is 20.8. The molecule has 0 radical (unpaired) electrons. The summed E-state index contributed by atoms with van der Waals surface area (Å²) in [4.78, 5) is 22.1. The summed E-state index contributed by atoms with van der Waals surface area (Å²) in [6.45, 7) is 7.34. The minimum absolute atomic E-state index is 0.0115. The number of aryl methyl sites for hydroxylation is 2.